The van der Waals surface area contributed by atoms with E-state index in [-0.39, 0.29) is 6.61 Å². The molecule has 0 aliphatic carbocycles. The van der Waals surface area contributed by atoms with Gasteiger partial charge in [0.15, 0.2) is 11.5 Å². The van der Waals surface area contributed by atoms with Gasteiger partial charge in [-0.05, 0) is 17.2 Å². The van der Waals surface area contributed by atoms with E-state index in [1.807, 2.05) is 30.3 Å². The van der Waals surface area contributed by atoms with E-state index in [0.717, 1.165) is 23.1 Å². The van der Waals surface area contributed by atoms with Gasteiger partial charge in [-0.1, -0.05) is 24.3 Å². The van der Waals surface area contributed by atoms with Gasteiger partial charge in [0, 0.05) is 23.7 Å². The topological polar surface area (TPSA) is 64.7 Å². The molecular weight excluding hydrogens is 254 g/mol. The summed E-state index contributed by atoms with van der Waals surface area (Å²) in [7, 11) is 0. The van der Waals surface area contributed by atoms with Crippen molar-refractivity contribution in [2.75, 3.05) is 18.9 Å². The van der Waals surface area contributed by atoms with Crippen molar-refractivity contribution >= 4 is 5.69 Å². The number of hydrogen-bond donors (Lipinski definition) is 2. The third kappa shape index (κ3) is 2.30. The van der Waals surface area contributed by atoms with Crippen LogP contribution in [0.15, 0.2) is 36.4 Å². The fourth-order valence-corrected chi connectivity index (χ4v) is 2.42. The number of nitrogen functional groups attached to an aromatic ring is 1. The highest BCUT2D eigenvalue weighted by Gasteiger charge is 2.18. The maximum atomic E-state index is 9.51. The van der Waals surface area contributed by atoms with E-state index in [4.69, 9.17) is 15.2 Å². The first-order valence-corrected chi connectivity index (χ1v) is 6.68. The van der Waals surface area contributed by atoms with Crippen molar-refractivity contribution in [1.29, 1.82) is 0 Å². The van der Waals surface area contributed by atoms with Crippen LogP contribution in [0.25, 0.3) is 11.1 Å². The SMILES string of the molecule is Nc1cc2c(c(-c3ccccc3CO)c1)OCCCO2. The Morgan fingerprint density at radius 2 is 1.85 bits per heavy atom. The van der Waals surface area contributed by atoms with E-state index in [2.05, 4.69) is 0 Å². The minimum atomic E-state index is -0.0272. The van der Waals surface area contributed by atoms with Gasteiger partial charge in [-0.25, -0.2) is 0 Å². The lowest BCUT2D eigenvalue weighted by atomic mass is 9.98. The van der Waals surface area contributed by atoms with Crippen molar-refractivity contribution in [2.24, 2.45) is 0 Å². The number of aliphatic hydroxyl groups excluding tert-OH is 1. The van der Waals surface area contributed by atoms with E-state index in [1.165, 1.54) is 0 Å². The molecule has 0 atom stereocenters. The van der Waals surface area contributed by atoms with Gasteiger partial charge in [0.2, 0.25) is 0 Å². The van der Waals surface area contributed by atoms with Crippen LogP contribution in [-0.4, -0.2) is 18.3 Å². The van der Waals surface area contributed by atoms with Gasteiger partial charge in [0.05, 0.1) is 19.8 Å². The average molecular weight is 271 g/mol. The van der Waals surface area contributed by atoms with E-state index >= 15 is 0 Å². The first-order chi connectivity index (χ1) is 9.79. The molecule has 104 valence electrons. The summed E-state index contributed by atoms with van der Waals surface area (Å²) in [6.07, 6.45) is 0.843. The molecule has 0 amide bonds. The molecule has 4 heteroatoms. The van der Waals surface area contributed by atoms with Crippen molar-refractivity contribution in [3.05, 3.63) is 42.0 Å². The highest BCUT2D eigenvalue weighted by Crippen LogP contribution is 2.42. The molecule has 0 bridgehead atoms. The Morgan fingerprint density at radius 1 is 1.05 bits per heavy atom. The average Bonchev–Trinajstić information content (AvgIpc) is 2.71. The summed E-state index contributed by atoms with van der Waals surface area (Å²) in [4.78, 5) is 0. The Bertz CT molecular complexity index is 625. The van der Waals surface area contributed by atoms with Gasteiger partial charge >= 0.3 is 0 Å². The molecule has 20 heavy (non-hydrogen) atoms. The van der Waals surface area contributed by atoms with Crippen LogP contribution in [0.3, 0.4) is 0 Å². The minimum Gasteiger partial charge on any atom is -0.489 e. The molecule has 2 aromatic rings. The quantitative estimate of drug-likeness (QED) is 0.824. The largest absolute Gasteiger partial charge is 0.489 e. The molecule has 1 aliphatic heterocycles. The van der Waals surface area contributed by atoms with Gasteiger partial charge < -0.3 is 20.3 Å². The number of ether oxygens (including phenoxy) is 2. The molecule has 0 unspecified atom stereocenters. The zero-order valence-electron chi connectivity index (χ0n) is 11.1. The summed E-state index contributed by atoms with van der Waals surface area (Å²) < 4.78 is 11.5. The molecule has 0 fully saturated rings. The van der Waals surface area contributed by atoms with Crippen LogP contribution >= 0.6 is 0 Å². The third-order valence-electron chi connectivity index (χ3n) is 3.35. The van der Waals surface area contributed by atoms with Gasteiger partial charge in [0.1, 0.15) is 0 Å². The van der Waals surface area contributed by atoms with Crippen molar-refractivity contribution in [1.82, 2.24) is 0 Å². The number of nitrogens with two attached hydrogens (primary N) is 1. The number of hydrogen-bond acceptors (Lipinski definition) is 4. The standard InChI is InChI=1S/C16H17NO3/c17-12-8-14(13-5-2-1-4-11(13)10-18)16-15(9-12)19-6-3-7-20-16/h1-2,4-5,8-9,18H,3,6-7,10,17H2. The molecule has 0 spiro atoms. The maximum absolute atomic E-state index is 9.51. The fraction of sp³-hybridized carbons (Fsp3) is 0.250. The summed E-state index contributed by atoms with van der Waals surface area (Å²) >= 11 is 0. The van der Waals surface area contributed by atoms with Crippen molar-refractivity contribution < 1.29 is 14.6 Å². The number of aliphatic hydroxyl groups is 1. The molecule has 2 aromatic carbocycles. The summed E-state index contributed by atoms with van der Waals surface area (Å²) in [6.45, 7) is 1.21. The van der Waals surface area contributed by atoms with Crippen LogP contribution in [-0.2, 0) is 6.61 Å². The predicted molar refractivity (Wildman–Crippen MR) is 77.8 cm³/mol. The number of benzene rings is 2. The Balaban J connectivity index is 2.20. The first-order valence-electron chi connectivity index (χ1n) is 6.68. The lowest BCUT2D eigenvalue weighted by Gasteiger charge is -2.15. The number of anilines is 1. The summed E-state index contributed by atoms with van der Waals surface area (Å²) in [5.41, 5.74) is 9.22. The second-order valence-corrected chi connectivity index (χ2v) is 4.76. The monoisotopic (exact) mass is 271 g/mol. The molecule has 1 heterocycles. The van der Waals surface area contributed by atoms with Crippen LogP contribution in [0.2, 0.25) is 0 Å². The third-order valence-corrected chi connectivity index (χ3v) is 3.35. The maximum Gasteiger partial charge on any atom is 0.169 e. The lowest BCUT2D eigenvalue weighted by molar-refractivity contribution is 0.282. The lowest BCUT2D eigenvalue weighted by Crippen LogP contribution is -1.99. The molecule has 0 aromatic heterocycles. The van der Waals surface area contributed by atoms with E-state index < -0.39 is 0 Å². The second kappa shape index (κ2) is 5.43. The van der Waals surface area contributed by atoms with E-state index in [0.29, 0.717) is 30.4 Å². The highest BCUT2D eigenvalue weighted by molar-refractivity contribution is 5.79. The summed E-state index contributed by atoms with van der Waals surface area (Å²) in [5.74, 6) is 1.38. The number of fused-ring (bicyclic) bond motifs is 1. The molecule has 4 nitrogen and oxygen atoms in total. The van der Waals surface area contributed by atoms with E-state index in [1.54, 1.807) is 6.07 Å². The minimum absolute atomic E-state index is 0.0272. The van der Waals surface area contributed by atoms with Crippen molar-refractivity contribution in [2.45, 2.75) is 13.0 Å². The molecule has 3 rings (SSSR count). The molecule has 0 saturated heterocycles. The summed E-state index contributed by atoms with van der Waals surface area (Å²) in [6, 6.07) is 11.3. The zero-order valence-corrected chi connectivity index (χ0v) is 11.1. The molecular formula is C16H17NO3. The van der Waals surface area contributed by atoms with Crippen LogP contribution in [0.1, 0.15) is 12.0 Å². The normalized spacial score (nSPS) is 13.8. The van der Waals surface area contributed by atoms with Crippen LogP contribution in [0, 0.1) is 0 Å². The predicted octanol–water partition coefficient (Wildman–Crippen LogP) is 2.59. The Labute approximate surface area is 117 Å². The van der Waals surface area contributed by atoms with Crippen LogP contribution in [0.5, 0.6) is 11.5 Å². The summed E-state index contributed by atoms with van der Waals surface area (Å²) in [5, 5.41) is 9.51. The van der Waals surface area contributed by atoms with Crippen LogP contribution < -0.4 is 15.2 Å². The Hall–Kier alpha value is -2.20. The van der Waals surface area contributed by atoms with Gasteiger partial charge in [-0.15, -0.1) is 0 Å². The van der Waals surface area contributed by atoms with Gasteiger partial charge in [-0.3, -0.25) is 0 Å². The molecule has 1 aliphatic rings. The molecule has 3 N–H and O–H groups in total. The Kier molecular flexibility index (Phi) is 3.48. The molecule has 0 radical (unpaired) electrons. The van der Waals surface area contributed by atoms with Gasteiger partial charge in [0.25, 0.3) is 0 Å². The zero-order chi connectivity index (χ0) is 13.9. The Morgan fingerprint density at radius 3 is 2.70 bits per heavy atom. The fourth-order valence-electron chi connectivity index (χ4n) is 2.42. The highest BCUT2D eigenvalue weighted by atomic mass is 16.5. The van der Waals surface area contributed by atoms with E-state index in [9.17, 15) is 5.11 Å². The second-order valence-electron chi connectivity index (χ2n) is 4.76. The first kappa shape index (κ1) is 12.8. The molecule has 0 saturated carbocycles. The van der Waals surface area contributed by atoms with Crippen molar-refractivity contribution in [3.8, 4) is 22.6 Å². The van der Waals surface area contributed by atoms with Gasteiger partial charge in [-0.2, -0.15) is 0 Å². The smallest absolute Gasteiger partial charge is 0.169 e. The van der Waals surface area contributed by atoms with Crippen LogP contribution in [0.4, 0.5) is 5.69 Å². The van der Waals surface area contributed by atoms with Crippen molar-refractivity contribution in [3.63, 3.8) is 0 Å². The number of rotatable bonds is 2.